The maximum atomic E-state index is 13.3. The molecule has 7 heteroatoms. The Labute approximate surface area is 169 Å². The van der Waals surface area contributed by atoms with E-state index in [0.717, 1.165) is 5.56 Å². The van der Waals surface area contributed by atoms with Crippen molar-refractivity contribution in [1.82, 2.24) is 9.21 Å². The first-order chi connectivity index (χ1) is 13.1. The second-order valence-electron chi connectivity index (χ2n) is 8.09. The number of rotatable bonds is 4. The number of hydrogen-bond donors (Lipinski definition) is 1. The fourth-order valence-corrected chi connectivity index (χ4v) is 4.93. The van der Waals surface area contributed by atoms with Gasteiger partial charge in [0.1, 0.15) is 16.7 Å². The van der Waals surface area contributed by atoms with Gasteiger partial charge in [-0.3, -0.25) is 0 Å². The molecular formula is C21H32N2O4S. The number of ether oxygens (including phenoxy) is 1. The van der Waals surface area contributed by atoms with E-state index in [9.17, 15) is 13.5 Å². The molecule has 0 saturated heterocycles. The lowest BCUT2D eigenvalue weighted by Crippen LogP contribution is -2.49. The second-order valence-corrected chi connectivity index (χ2v) is 9.95. The van der Waals surface area contributed by atoms with Crippen molar-refractivity contribution in [3.05, 3.63) is 23.8 Å². The van der Waals surface area contributed by atoms with Crippen molar-refractivity contribution in [3.8, 4) is 17.6 Å². The average Bonchev–Trinajstić information content (AvgIpc) is 2.61. The number of likely N-dealkylation sites (N-methyl/N-ethyl adjacent to an activating group) is 1. The SMILES string of the molecule is CC(C)C#Cc1ccc2c(c1)O[C@@H](CN(C)C)[C@@H](C)CN([C@H](C)CO)S2(=O)=O. The van der Waals surface area contributed by atoms with Gasteiger partial charge in [0.25, 0.3) is 0 Å². The zero-order chi connectivity index (χ0) is 21.1. The Hall–Kier alpha value is -1.59. The third-order valence-electron chi connectivity index (χ3n) is 4.72. The molecule has 0 fully saturated rings. The van der Waals surface area contributed by atoms with Crippen LogP contribution in [0.5, 0.6) is 5.75 Å². The fraction of sp³-hybridized carbons (Fsp3) is 0.619. The topological polar surface area (TPSA) is 70.1 Å². The first kappa shape index (κ1) is 22.7. The lowest BCUT2D eigenvalue weighted by atomic mass is 10.0. The lowest BCUT2D eigenvalue weighted by molar-refractivity contribution is 0.0812. The largest absolute Gasteiger partial charge is 0.487 e. The quantitative estimate of drug-likeness (QED) is 0.772. The molecule has 156 valence electrons. The van der Waals surface area contributed by atoms with Crippen molar-refractivity contribution in [1.29, 1.82) is 0 Å². The molecule has 1 aliphatic heterocycles. The Bertz CT molecular complexity index is 840. The molecule has 0 radical (unpaired) electrons. The van der Waals surface area contributed by atoms with Gasteiger partial charge in [-0.1, -0.05) is 32.6 Å². The molecule has 1 aliphatic rings. The molecule has 0 amide bonds. The first-order valence-electron chi connectivity index (χ1n) is 9.66. The van der Waals surface area contributed by atoms with Gasteiger partial charge in [-0.25, -0.2) is 8.42 Å². The zero-order valence-corrected chi connectivity index (χ0v) is 18.5. The van der Waals surface area contributed by atoms with Crippen LogP contribution in [0, 0.1) is 23.7 Å². The molecule has 1 heterocycles. The van der Waals surface area contributed by atoms with Gasteiger partial charge >= 0.3 is 0 Å². The van der Waals surface area contributed by atoms with Gasteiger partial charge in [-0.15, -0.1) is 0 Å². The summed E-state index contributed by atoms with van der Waals surface area (Å²) >= 11 is 0. The van der Waals surface area contributed by atoms with Crippen LogP contribution < -0.4 is 4.74 Å². The highest BCUT2D eigenvalue weighted by atomic mass is 32.2. The predicted molar refractivity (Wildman–Crippen MR) is 111 cm³/mol. The van der Waals surface area contributed by atoms with Crippen LogP contribution >= 0.6 is 0 Å². The van der Waals surface area contributed by atoms with Crippen LogP contribution in [0.3, 0.4) is 0 Å². The number of nitrogens with zero attached hydrogens (tertiary/aromatic N) is 2. The van der Waals surface area contributed by atoms with Gasteiger partial charge in [0.2, 0.25) is 10.0 Å². The van der Waals surface area contributed by atoms with Crippen LogP contribution in [0.1, 0.15) is 33.3 Å². The summed E-state index contributed by atoms with van der Waals surface area (Å²) in [6.07, 6.45) is -0.189. The third-order valence-corrected chi connectivity index (χ3v) is 6.74. The molecule has 3 atom stereocenters. The summed E-state index contributed by atoms with van der Waals surface area (Å²) < 4.78 is 34.3. The molecule has 1 N–H and O–H groups in total. The summed E-state index contributed by atoms with van der Waals surface area (Å²) in [6, 6.07) is 4.47. The number of fused-ring (bicyclic) bond motifs is 1. The van der Waals surface area contributed by atoms with E-state index in [0.29, 0.717) is 12.3 Å². The van der Waals surface area contributed by atoms with E-state index in [2.05, 4.69) is 11.8 Å². The molecule has 0 bridgehead atoms. The van der Waals surface area contributed by atoms with Crippen LogP contribution in [0.2, 0.25) is 0 Å². The predicted octanol–water partition coefficient (Wildman–Crippen LogP) is 2.02. The van der Waals surface area contributed by atoms with Crippen molar-refractivity contribution >= 4 is 10.0 Å². The smallest absolute Gasteiger partial charge is 0.247 e. The summed E-state index contributed by atoms with van der Waals surface area (Å²) in [5, 5.41) is 9.63. The van der Waals surface area contributed by atoms with Crippen LogP contribution in [0.4, 0.5) is 0 Å². The minimum Gasteiger partial charge on any atom is -0.487 e. The highest BCUT2D eigenvalue weighted by molar-refractivity contribution is 7.89. The van der Waals surface area contributed by atoms with E-state index >= 15 is 0 Å². The maximum Gasteiger partial charge on any atom is 0.247 e. The minimum absolute atomic E-state index is 0.0512. The number of aliphatic hydroxyl groups is 1. The Morgan fingerprint density at radius 3 is 2.57 bits per heavy atom. The highest BCUT2D eigenvalue weighted by Crippen LogP contribution is 2.34. The van der Waals surface area contributed by atoms with E-state index in [-0.39, 0.29) is 36.0 Å². The summed E-state index contributed by atoms with van der Waals surface area (Å²) in [6.45, 7) is 8.42. The number of hydrogen-bond acceptors (Lipinski definition) is 5. The molecule has 0 aliphatic carbocycles. The molecule has 0 spiro atoms. The Balaban J connectivity index is 2.61. The molecule has 0 aromatic heterocycles. The van der Waals surface area contributed by atoms with Gasteiger partial charge in [0, 0.05) is 36.5 Å². The van der Waals surface area contributed by atoms with E-state index in [4.69, 9.17) is 4.74 Å². The van der Waals surface area contributed by atoms with E-state index < -0.39 is 16.1 Å². The molecule has 6 nitrogen and oxygen atoms in total. The van der Waals surface area contributed by atoms with Crippen LogP contribution in [-0.2, 0) is 10.0 Å². The molecule has 28 heavy (non-hydrogen) atoms. The third kappa shape index (κ3) is 5.26. The number of aliphatic hydroxyl groups excluding tert-OH is 1. The molecule has 0 unspecified atom stereocenters. The van der Waals surface area contributed by atoms with Crippen molar-refractivity contribution < 1.29 is 18.3 Å². The molecule has 1 aromatic rings. The van der Waals surface area contributed by atoms with Crippen LogP contribution in [0.25, 0.3) is 0 Å². The standard InChI is InChI=1S/C21H32N2O4S/c1-15(2)7-8-18-9-10-21-19(11-18)27-20(13-22(5)6)16(3)12-23(17(4)14-24)28(21,25)26/h9-11,15-17,20,24H,12-14H2,1-6H3/t16-,17+,20-/m0/s1. The monoisotopic (exact) mass is 408 g/mol. The number of sulfonamides is 1. The average molecular weight is 409 g/mol. The van der Waals surface area contributed by atoms with Gasteiger partial charge in [-0.2, -0.15) is 4.31 Å². The van der Waals surface area contributed by atoms with Crippen LogP contribution in [-0.4, -0.2) is 68.7 Å². The second kappa shape index (κ2) is 9.27. The minimum atomic E-state index is -3.80. The van der Waals surface area contributed by atoms with Crippen molar-refractivity contribution in [2.24, 2.45) is 11.8 Å². The summed E-state index contributed by atoms with van der Waals surface area (Å²) in [5.74, 6) is 6.67. The van der Waals surface area contributed by atoms with Crippen molar-refractivity contribution in [2.75, 3.05) is 33.8 Å². The van der Waals surface area contributed by atoms with Gasteiger partial charge < -0.3 is 14.7 Å². The molecular weight excluding hydrogens is 376 g/mol. The summed E-state index contributed by atoms with van der Waals surface area (Å²) in [7, 11) is 0.127. The van der Waals surface area contributed by atoms with E-state index in [1.807, 2.05) is 39.8 Å². The summed E-state index contributed by atoms with van der Waals surface area (Å²) in [5.41, 5.74) is 0.723. The van der Waals surface area contributed by atoms with E-state index in [1.165, 1.54) is 4.31 Å². The Morgan fingerprint density at radius 1 is 1.32 bits per heavy atom. The van der Waals surface area contributed by atoms with Crippen molar-refractivity contribution in [3.63, 3.8) is 0 Å². The first-order valence-corrected chi connectivity index (χ1v) is 11.1. The van der Waals surface area contributed by atoms with Crippen LogP contribution in [0.15, 0.2) is 23.1 Å². The molecule has 2 rings (SSSR count). The number of benzene rings is 1. The molecule has 1 aromatic carbocycles. The van der Waals surface area contributed by atoms with Gasteiger partial charge in [0.15, 0.2) is 0 Å². The Morgan fingerprint density at radius 2 is 2.00 bits per heavy atom. The maximum absolute atomic E-state index is 13.3. The molecule has 0 saturated carbocycles. The van der Waals surface area contributed by atoms with E-state index in [1.54, 1.807) is 25.1 Å². The Kier molecular flexibility index (Phi) is 7.52. The summed E-state index contributed by atoms with van der Waals surface area (Å²) in [4.78, 5) is 2.15. The van der Waals surface area contributed by atoms with Gasteiger partial charge in [0.05, 0.1) is 6.61 Å². The normalized spacial score (nSPS) is 23.2. The zero-order valence-electron chi connectivity index (χ0n) is 17.6. The van der Waals surface area contributed by atoms with Gasteiger partial charge in [-0.05, 0) is 39.2 Å². The fourth-order valence-electron chi connectivity index (χ4n) is 3.11. The lowest BCUT2D eigenvalue weighted by Gasteiger charge is -2.37. The highest BCUT2D eigenvalue weighted by Gasteiger charge is 2.37. The van der Waals surface area contributed by atoms with Crippen molar-refractivity contribution in [2.45, 2.75) is 44.7 Å².